The van der Waals surface area contributed by atoms with Crippen LogP contribution in [0, 0.1) is 0 Å². The second-order valence-corrected chi connectivity index (χ2v) is 11.8. The quantitative estimate of drug-likeness (QED) is 0.717. The highest BCUT2D eigenvalue weighted by Gasteiger charge is 2.44. The van der Waals surface area contributed by atoms with E-state index in [1.165, 1.54) is 22.3 Å². The summed E-state index contributed by atoms with van der Waals surface area (Å²) >= 11 is 0. The van der Waals surface area contributed by atoms with Crippen LogP contribution in [0.15, 0.2) is 48.5 Å². The van der Waals surface area contributed by atoms with Crippen LogP contribution >= 0.6 is 0 Å². The third-order valence-electron chi connectivity index (χ3n) is 4.76. The third-order valence-corrected chi connectivity index (χ3v) is 5.77. The van der Waals surface area contributed by atoms with E-state index in [2.05, 4.69) is 68.2 Å². The van der Waals surface area contributed by atoms with Crippen molar-refractivity contribution in [2.24, 2.45) is 0 Å². The minimum atomic E-state index is -1.52. The molecule has 5 rings (SSSR count). The number of rotatable bonds is 2. The molecule has 21 heavy (non-hydrogen) atoms. The fourth-order valence-electron chi connectivity index (χ4n) is 4.15. The number of benzene rings is 2. The minimum absolute atomic E-state index is 0.353. The second kappa shape index (κ2) is 4.55. The van der Waals surface area contributed by atoms with Crippen LogP contribution in [0.4, 0.5) is 0 Å². The Balaban J connectivity index is 1.87. The van der Waals surface area contributed by atoms with E-state index in [-0.39, 0.29) is 0 Å². The molecule has 2 bridgehead atoms. The molecule has 3 aliphatic rings. The molecule has 1 nitrogen and oxygen atoms in total. The van der Waals surface area contributed by atoms with Gasteiger partial charge in [-0.1, -0.05) is 48.5 Å². The predicted octanol–water partition coefficient (Wildman–Crippen LogP) is 4.89. The fourth-order valence-corrected chi connectivity index (χ4v) is 5.29. The lowest BCUT2D eigenvalue weighted by Gasteiger charge is -2.47. The van der Waals surface area contributed by atoms with Crippen molar-refractivity contribution in [2.45, 2.75) is 44.0 Å². The Bertz CT molecular complexity index is 638. The Hall–Kier alpha value is -1.38. The summed E-state index contributed by atoms with van der Waals surface area (Å²) < 4.78 is 6.57. The lowest BCUT2D eigenvalue weighted by atomic mass is 9.62. The van der Waals surface area contributed by atoms with Crippen LogP contribution in [0.5, 0.6) is 0 Å². The lowest BCUT2D eigenvalue weighted by Crippen LogP contribution is -2.42. The SMILES string of the molecule is C[Si](C)(C)OC1CC2c3ccccc3C1c1ccccc12. The average Bonchev–Trinajstić information content (AvgIpc) is 2.46. The van der Waals surface area contributed by atoms with Crippen molar-refractivity contribution in [3.8, 4) is 0 Å². The van der Waals surface area contributed by atoms with Crippen LogP contribution in [0.3, 0.4) is 0 Å². The molecule has 0 heterocycles. The molecule has 2 aromatic carbocycles. The molecule has 0 saturated carbocycles. The normalized spacial score (nSPS) is 26.3. The fraction of sp³-hybridized carbons (Fsp3) is 0.368. The van der Waals surface area contributed by atoms with Gasteiger partial charge < -0.3 is 4.43 Å². The van der Waals surface area contributed by atoms with Gasteiger partial charge in [0.2, 0.25) is 0 Å². The molecule has 0 fully saturated rings. The van der Waals surface area contributed by atoms with Crippen molar-refractivity contribution < 1.29 is 4.43 Å². The Morgan fingerprint density at radius 1 is 0.810 bits per heavy atom. The van der Waals surface area contributed by atoms with Gasteiger partial charge in [0.1, 0.15) is 0 Å². The second-order valence-electron chi connectivity index (χ2n) is 7.29. The first-order valence-corrected chi connectivity index (χ1v) is 11.3. The summed E-state index contributed by atoms with van der Waals surface area (Å²) in [5.74, 6) is 0.942. The van der Waals surface area contributed by atoms with Crippen LogP contribution in [-0.2, 0) is 4.43 Å². The van der Waals surface area contributed by atoms with Gasteiger partial charge in [0, 0.05) is 11.8 Å². The van der Waals surface area contributed by atoms with Crippen molar-refractivity contribution in [1.82, 2.24) is 0 Å². The van der Waals surface area contributed by atoms with Gasteiger partial charge >= 0.3 is 0 Å². The van der Waals surface area contributed by atoms with E-state index >= 15 is 0 Å². The maximum absolute atomic E-state index is 6.57. The zero-order chi connectivity index (χ0) is 14.6. The number of hydrogen-bond donors (Lipinski definition) is 0. The highest BCUT2D eigenvalue weighted by atomic mass is 28.4. The molecule has 1 atom stereocenters. The van der Waals surface area contributed by atoms with Gasteiger partial charge in [-0.15, -0.1) is 0 Å². The standard InChI is InChI=1S/C19H22OSi/c1-21(2,3)20-18-12-17-13-8-4-6-10-15(13)19(18)16-11-7-5-9-14(16)17/h4-11,17-19H,12H2,1-3H3. The van der Waals surface area contributed by atoms with Gasteiger partial charge in [0.15, 0.2) is 8.32 Å². The van der Waals surface area contributed by atoms with E-state index < -0.39 is 8.32 Å². The van der Waals surface area contributed by atoms with E-state index in [4.69, 9.17) is 4.43 Å². The van der Waals surface area contributed by atoms with Gasteiger partial charge in [0.25, 0.3) is 0 Å². The van der Waals surface area contributed by atoms with Gasteiger partial charge in [-0.25, -0.2) is 0 Å². The van der Waals surface area contributed by atoms with E-state index in [1.807, 2.05) is 0 Å². The first kappa shape index (κ1) is 13.3. The molecule has 108 valence electrons. The van der Waals surface area contributed by atoms with Gasteiger partial charge in [-0.2, -0.15) is 0 Å². The number of hydrogen-bond acceptors (Lipinski definition) is 1. The summed E-state index contributed by atoms with van der Waals surface area (Å²) in [6.45, 7) is 6.90. The summed E-state index contributed by atoms with van der Waals surface area (Å²) in [6, 6.07) is 17.9. The smallest absolute Gasteiger partial charge is 0.184 e. The van der Waals surface area contributed by atoms with Crippen LogP contribution in [0.1, 0.15) is 40.5 Å². The Labute approximate surface area is 128 Å². The molecule has 0 N–H and O–H groups in total. The topological polar surface area (TPSA) is 9.23 Å². The van der Waals surface area contributed by atoms with Crippen LogP contribution < -0.4 is 0 Å². The molecule has 1 unspecified atom stereocenters. The van der Waals surface area contributed by atoms with E-state index in [0.717, 1.165) is 6.42 Å². The van der Waals surface area contributed by atoms with Gasteiger partial charge in [-0.3, -0.25) is 0 Å². The molecule has 0 amide bonds. The van der Waals surface area contributed by atoms with E-state index in [0.29, 0.717) is 17.9 Å². The van der Waals surface area contributed by atoms with Crippen molar-refractivity contribution in [3.63, 3.8) is 0 Å². The highest BCUT2D eigenvalue weighted by molar-refractivity contribution is 6.69. The summed E-state index contributed by atoms with van der Waals surface area (Å²) in [5, 5.41) is 0. The average molecular weight is 294 g/mol. The van der Waals surface area contributed by atoms with Crippen LogP contribution in [0.2, 0.25) is 19.6 Å². The van der Waals surface area contributed by atoms with Crippen molar-refractivity contribution in [2.75, 3.05) is 0 Å². The maximum atomic E-state index is 6.57. The molecule has 0 saturated heterocycles. The van der Waals surface area contributed by atoms with Crippen molar-refractivity contribution >= 4 is 8.32 Å². The molecule has 2 aromatic rings. The van der Waals surface area contributed by atoms with Crippen LogP contribution in [-0.4, -0.2) is 14.4 Å². The van der Waals surface area contributed by atoms with Crippen LogP contribution in [0.25, 0.3) is 0 Å². The number of fused-ring (bicyclic) bond motifs is 1. The first-order chi connectivity index (χ1) is 10.0. The molecule has 0 aromatic heterocycles. The van der Waals surface area contributed by atoms with Gasteiger partial charge in [-0.05, 0) is 48.3 Å². The third kappa shape index (κ3) is 2.09. The highest BCUT2D eigenvalue weighted by Crippen LogP contribution is 2.53. The molecule has 0 aliphatic heterocycles. The molecule has 0 spiro atoms. The summed E-state index contributed by atoms with van der Waals surface area (Å²) in [7, 11) is -1.52. The Kier molecular flexibility index (Phi) is 2.88. The molecule has 0 radical (unpaired) electrons. The van der Waals surface area contributed by atoms with Gasteiger partial charge in [0.05, 0.1) is 6.10 Å². The molecule has 3 aliphatic carbocycles. The summed E-state index contributed by atoms with van der Waals surface area (Å²) in [4.78, 5) is 0. The monoisotopic (exact) mass is 294 g/mol. The Morgan fingerprint density at radius 2 is 1.29 bits per heavy atom. The lowest BCUT2D eigenvalue weighted by molar-refractivity contribution is 0.142. The molecule has 2 heteroatoms. The summed E-state index contributed by atoms with van der Waals surface area (Å²) in [5.41, 5.74) is 6.04. The largest absolute Gasteiger partial charge is 0.414 e. The van der Waals surface area contributed by atoms with Crippen molar-refractivity contribution in [3.05, 3.63) is 70.8 Å². The molecular formula is C19H22OSi. The van der Waals surface area contributed by atoms with E-state index in [1.54, 1.807) is 0 Å². The molecular weight excluding hydrogens is 272 g/mol. The predicted molar refractivity (Wildman–Crippen MR) is 89.4 cm³/mol. The summed E-state index contributed by atoms with van der Waals surface area (Å²) in [6.07, 6.45) is 1.50. The van der Waals surface area contributed by atoms with E-state index in [9.17, 15) is 0 Å². The van der Waals surface area contributed by atoms with Crippen molar-refractivity contribution in [1.29, 1.82) is 0 Å². The maximum Gasteiger partial charge on any atom is 0.184 e. The Morgan fingerprint density at radius 3 is 1.76 bits per heavy atom. The minimum Gasteiger partial charge on any atom is -0.414 e. The first-order valence-electron chi connectivity index (χ1n) is 7.90. The zero-order valence-electron chi connectivity index (χ0n) is 13.0. The zero-order valence-corrected chi connectivity index (χ0v) is 14.0.